The lowest BCUT2D eigenvalue weighted by Crippen LogP contribution is -2.22. The maximum absolute atomic E-state index is 12.0. The van der Waals surface area contributed by atoms with E-state index in [4.69, 9.17) is 23.7 Å². The third-order valence-corrected chi connectivity index (χ3v) is 3.46. The highest BCUT2D eigenvalue weighted by molar-refractivity contribution is 5.61. The van der Waals surface area contributed by atoms with Crippen LogP contribution >= 0.6 is 0 Å². The molecule has 0 aliphatic heterocycles. The summed E-state index contributed by atoms with van der Waals surface area (Å²) in [6, 6.07) is 14.4. The van der Waals surface area contributed by atoms with Crippen molar-refractivity contribution in [2.75, 3.05) is 14.2 Å². The van der Waals surface area contributed by atoms with E-state index in [1.807, 2.05) is 18.2 Å². The smallest absolute Gasteiger partial charge is 0.497 e. The summed E-state index contributed by atoms with van der Waals surface area (Å²) >= 11 is 0. The third kappa shape index (κ3) is 5.31. The van der Waals surface area contributed by atoms with Crippen molar-refractivity contribution in [3.05, 3.63) is 54.1 Å². The van der Waals surface area contributed by atoms with Gasteiger partial charge in [0.05, 0.1) is 14.2 Å². The molecule has 0 heterocycles. The first kappa shape index (κ1) is 18.4. The molecule has 25 heavy (non-hydrogen) atoms. The van der Waals surface area contributed by atoms with Crippen molar-refractivity contribution in [3.63, 3.8) is 0 Å². The summed E-state index contributed by atoms with van der Waals surface area (Å²) in [6.07, 6.45) is -2.16. The van der Waals surface area contributed by atoms with Crippen molar-refractivity contribution in [1.29, 1.82) is 0 Å². The number of carbonyl (C=O) groups is 1. The van der Waals surface area contributed by atoms with Crippen LogP contribution in [0.3, 0.4) is 0 Å². The molecule has 0 saturated carbocycles. The van der Waals surface area contributed by atoms with Crippen LogP contribution in [0.15, 0.2) is 48.5 Å². The first-order valence-corrected chi connectivity index (χ1v) is 7.84. The molecule has 0 aliphatic rings. The van der Waals surface area contributed by atoms with Crippen LogP contribution in [0.4, 0.5) is 4.79 Å². The minimum atomic E-state index is -0.825. The second kappa shape index (κ2) is 8.82. The predicted molar refractivity (Wildman–Crippen MR) is 92.1 cm³/mol. The van der Waals surface area contributed by atoms with Gasteiger partial charge in [-0.25, -0.2) is 4.79 Å². The zero-order valence-corrected chi connectivity index (χ0v) is 14.7. The lowest BCUT2D eigenvalue weighted by atomic mass is 10.1. The molecule has 6 nitrogen and oxygen atoms in total. The molecule has 0 spiro atoms. The molecule has 0 aromatic heterocycles. The number of hydrogen-bond acceptors (Lipinski definition) is 6. The summed E-state index contributed by atoms with van der Waals surface area (Å²) in [7, 11) is 3.11. The quantitative estimate of drug-likeness (QED) is 0.549. The molecule has 2 aromatic rings. The minimum absolute atomic E-state index is 0.558. The molecule has 2 atom stereocenters. The number of rotatable bonds is 7. The molecule has 0 fully saturated rings. The van der Waals surface area contributed by atoms with Crippen molar-refractivity contribution in [3.8, 4) is 17.2 Å². The summed E-state index contributed by atoms with van der Waals surface area (Å²) in [5.74, 6) is 1.82. The van der Waals surface area contributed by atoms with Crippen LogP contribution in [-0.2, 0) is 9.47 Å². The minimum Gasteiger partial charge on any atom is -0.497 e. The zero-order valence-electron chi connectivity index (χ0n) is 14.7. The molecule has 0 aliphatic carbocycles. The van der Waals surface area contributed by atoms with Crippen LogP contribution in [-0.4, -0.2) is 26.7 Å². The standard InChI is InChI=1S/C19H22O6/c1-13(17-11-10-16(21-3)12-18(17)22-4)23-19(20)25-14(2)24-15-8-6-5-7-9-15/h5-14H,1-4H3. The molecular weight excluding hydrogens is 324 g/mol. The highest BCUT2D eigenvalue weighted by Crippen LogP contribution is 2.31. The number of benzene rings is 2. The van der Waals surface area contributed by atoms with E-state index >= 15 is 0 Å². The van der Waals surface area contributed by atoms with Gasteiger partial charge in [0.25, 0.3) is 0 Å². The molecule has 2 rings (SSSR count). The summed E-state index contributed by atoms with van der Waals surface area (Å²) in [4.78, 5) is 12.0. The van der Waals surface area contributed by atoms with Crippen molar-refractivity contribution >= 4 is 6.16 Å². The Morgan fingerprint density at radius 3 is 2.24 bits per heavy atom. The Kier molecular flexibility index (Phi) is 6.51. The monoisotopic (exact) mass is 346 g/mol. The van der Waals surface area contributed by atoms with E-state index in [0.29, 0.717) is 22.8 Å². The highest BCUT2D eigenvalue weighted by Gasteiger charge is 2.19. The molecule has 0 radical (unpaired) electrons. The lowest BCUT2D eigenvalue weighted by molar-refractivity contribution is -0.0631. The van der Waals surface area contributed by atoms with Gasteiger partial charge in [-0.15, -0.1) is 0 Å². The van der Waals surface area contributed by atoms with Crippen LogP contribution in [0.5, 0.6) is 17.2 Å². The van der Waals surface area contributed by atoms with Crippen molar-refractivity contribution < 1.29 is 28.5 Å². The summed E-state index contributed by atoms with van der Waals surface area (Å²) < 4.78 is 26.4. The summed E-state index contributed by atoms with van der Waals surface area (Å²) in [5, 5.41) is 0. The van der Waals surface area contributed by atoms with Crippen molar-refractivity contribution in [2.24, 2.45) is 0 Å². The van der Waals surface area contributed by atoms with Crippen LogP contribution in [0.25, 0.3) is 0 Å². The molecule has 2 unspecified atom stereocenters. The Bertz CT molecular complexity index is 686. The van der Waals surface area contributed by atoms with Crippen LogP contribution in [0.1, 0.15) is 25.5 Å². The van der Waals surface area contributed by atoms with E-state index in [2.05, 4.69) is 0 Å². The van der Waals surface area contributed by atoms with Gasteiger partial charge in [-0.3, -0.25) is 0 Å². The molecule has 0 saturated heterocycles. The normalized spacial score (nSPS) is 12.6. The molecule has 2 aromatic carbocycles. The first-order chi connectivity index (χ1) is 12.0. The Hall–Kier alpha value is -2.89. The average Bonchev–Trinajstić information content (AvgIpc) is 2.61. The van der Waals surface area contributed by atoms with Crippen molar-refractivity contribution in [1.82, 2.24) is 0 Å². The van der Waals surface area contributed by atoms with Gasteiger partial charge in [-0.1, -0.05) is 18.2 Å². The highest BCUT2D eigenvalue weighted by atomic mass is 16.8. The SMILES string of the molecule is COc1ccc(C(C)OC(=O)OC(C)Oc2ccccc2)c(OC)c1. The van der Waals surface area contributed by atoms with Gasteiger partial charge >= 0.3 is 6.16 Å². The number of para-hydroxylation sites is 1. The maximum atomic E-state index is 12.0. The molecule has 0 amide bonds. The van der Waals surface area contributed by atoms with E-state index < -0.39 is 18.5 Å². The number of methoxy groups -OCH3 is 2. The molecule has 0 bridgehead atoms. The van der Waals surface area contributed by atoms with E-state index in [1.54, 1.807) is 58.4 Å². The van der Waals surface area contributed by atoms with Crippen LogP contribution in [0.2, 0.25) is 0 Å². The van der Waals surface area contributed by atoms with Gasteiger partial charge in [0.2, 0.25) is 6.29 Å². The Balaban J connectivity index is 1.93. The number of hydrogen-bond donors (Lipinski definition) is 0. The second-order valence-electron chi connectivity index (χ2n) is 5.23. The van der Waals surface area contributed by atoms with E-state index in [9.17, 15) is 4.79 Å². The fraction of sp³-hybridized carbons (Fsp3) is 0.316. The van der Waals surface area contributed by atoms with Crippen LogP contribution < -0.4 is 14.2 Å². The zero-order chi connectivity index (χ0) is 18.2. The molecular formula is C19H22O6. The summed E-state index contributed by atoms with van der Waals surface area (Å²) in [6.45, 7) is 3.35. The second-order valence-corrected chi connectivity index (χ2v) is 5.23. The Morgan fingerprint density at radius 2 is 1.60 bits per heavy atom. The fourth-order valence-electron chi connectivity index (χ4n) is 2.24. The maximum Gasteiger partial charge on any atom is 0.511 e. The topological polar surface area (TPSA) is 63.2 Å². The lowest BCUT2D eigenvalue weighted by Gasteiger charge is -2.19. The average molecular weight is 346 g/mol. The molecule has 134 valence electrons. The number of ether oxygens (including phenoxy) is 5. The van der Waals surface area contributed by atoms with Crippen molar-refractivity contribution in [2.45, 2.75) is 26.2 Å². The largest absolute Gasteiger partial charge is 0.511 e. The van der Waals surface area contributed by atoms with Gasteiger partial charge in [-0.05, 0) is 31.2 Å². The summed E-state index contributed by atoms with van der Waals surface area (Å²) in [5.41, 5.74) is 0.705. The third-order valence-electron chi connectivity index (χ3n) is 3.46. The molecule has 6 heteroatoms. The van der Waals surface area contributed by atoms with Gasteiger partial charge in [0.15, 0.2) is 0 Å². The van der Waals surface area contributed by atoms with Gasteiger partial charge < -0.3 is 23.7 Å². The first-order valence-electron chi connectivity index (χ1n) is 7.84. The van der Waals surface area contributed by atoms with Crippen LogP contribution in [0, 0.1) is 0 Å². The Morgan fingerprint density at radius 1 is 0.880 bits per heavy atom. The fourth-order valence-corrected chi connectivity index (χ4v) is 2.24. The molecule has 0 N–H and O–H groups in total. The van der Waals surface area contributed by atoms with E-state index in [1.165, 1.54) is 0 Å². The van der Waals surface area contributed by atoms with E-state index in [0.717, 1.165) is 0 Å². The predicted octanol–water partition coefficient (Wildman–Crippen LogP) is 4.34. The Labute approximate surface area is 147 Å². The number of carbonyl (C=O) groups excluding carboxylic acids is 1. The van der Waals surface area contributed by atoms with Gasteiger partial charge in [0, 0.05) is 18.6 Å². The van der Waals surface area contributed by atoms with Gasteiger partial charge in [-0.2, -0.15) is 0 Å². The van der Waals surface area contributed by atoms with E-state index in [-0.39, 0.29) is 0 Å². The van der Waals surface area contributed by atoms with Gasteiger partial charge in [0.1, 0.15) is 23.4 Å².